The fourth-order valence-electron chi connectivity index (χ4n) is 2.15. The lowest BCUT2D eigenvalue weighted by Gasteiger charge is -2.29. The van der Waals surface area contributed by atoms with Crippen molar-refractivity contribution in [1.82, 2.24) is 4.98 Å². The molecule has 3 nitrogen and oxygen atoms in total. The molecule has 1 saturated heterocycles. The number of aromatic nitrogens is 1. The van der Waals surface area contributed by atoms with E-state index < -0.39 is 0 Å². The number of benzene rings is 1. The summed E-state index contributed by atoms with van der Waals surface area (Å²) in [5.41, 5.74) is 2.31. The van der Waals surface area contributed by atoms with Crippen LogP contribution < -0.4 is 4.90 Å². The normalized spacial score (nSPS) is 16.6. The maximum Gasteiger partial charge on any atom is 0.0935 e. The maximum absolute atomic E-state index is 5.37. The highest BCUT2D eigenvalue weighted by molar-refractivity contribution is 5.90. The zero-order valence-electron chi connectivity index (χ0n) is 9.10. The van der Waals surface area contributed by atoms with Crippen molar-refractivity contribution in [2.45, 2.75) is 0 Å². The van der Waals surface area contributed by atoms with Gasteiger partial charge < -0.3 is 9.64 Å². The number of fused-ring (bicyclic) bond motifs is 1. The summed E-state index contributed by atoms with van der Waals surface area (Å²) in [6.07, 6.45) is 1.85. The third-order valence-corrected chi connectivity index (χ3v) is 2.96. The molecule has 0 spiro atoms. The van der Waals surface area contributed by atoms with Gasteiger partial charge in [0, 0.05) is 24.7 Å². The molecular formula is C13H14N2O. The monoisotopic (exact) mass is 214 g/mol. The van der Waals surface area contributed by atoms with Crippen LogP contribution in [0.1, 0.15) is 0 Å². The molecule has 0 bridgehead atoms. The van der Waals surface area contributed by atoms with Gasteiger partial charge in [-0.05, 0) is 12.1 Å². The molecule has 0 aliphatic carbocycles. The summed E-state index contributed by atoms with van der Waals surface area (Å²) in [5, 5.41) is 1.20. The minimum atomic E-state index is 0.809. The summed E-state index contributed by atoms with van der Waals surface area (Å²) in [6, 6.07) is 10.4. The number of nitrogens with zero attached hydrogens (tertiary/aromatic N) is 2. The van der Waals surface area contributed by atoms with Crippen LogP contribution in [0.5, 0.6) is 0 Å². The highest BCUT2D eigenvalue weighted by Crippen LogP contribution is 2.25. The van der Waals surface area contributed by atoms with Crippen molar-refractivity contribution in [3.63, 3.8) is 0 Å². The maximum atomic E-state index is 5.37. The third kappa shape index (κ3) is 1.63. The van der Waals surface area contributed by atoms with Crippen LogP contribution in [0.3, 0.4) is 0 Å². The largest absolute Gasteiger partial charge is 0.378 e. The van der Waals surface area contributed by atoms with Gasteiger partial charge in [0.15, 0.2) is 0 Å². The van der Waals surface area contributed by atoms with E-state index in [1.165, 1.54) is 11.1 Å². The Balaban J connectivity index is 2.08. The molecule has 0 atom stereocenters. The van der Waals surface area contributed by atoms with E-state index in [4.69, 9.17) is 4.74 Å². The Hall–Kier alpha value is -1.61. The van der Waals surface area contributed by atoms with Gasteiger partial charge in [0.1, 0.15) is 0 Å². The van der Waals surface area contributed by atoms with E-state index >= 15 is 0 Å². The molecule has 16 heavy (non-hydrogen) atoms. The Morgan fingerprint density at radius 2 is 1.88 bits per heavy atom. The van der Waals surface area contributed by atoms with E-state index in [-0.39, 0.29) is 0 Å². The fraction of sp³-hybridized carbons (Fsp3) is 0.308. The summed E-state index contributed by atoms with van der Waals surface area (Å²) >= 11 is 0. The Kier molecular flexibility index (Phi) is 2.46. The second kappa shape index (κ2) is 4.10. The lowest BCUT2D eigenvalue weighted by atomic mass is 10.1. The number of morpholine rings is 1. The Morgan fingerprint density at radius 1 is 1.06 bits per heavy atom. The molecule has 0 unspecified atom stereocenters. The van der Waals surface area contributed by atoms with Gasteiger partial charge in [0.2, 0.25) is 0 Å². The smallest absolute Gasteiger partial charge is 0.0935 e. The van der Waals surface area contributed by atoms with E-state index in [0.717, 1.165) is 31.8 Å². The Morgan fingerprint density at radius 3 is 2.75 bits per heavy atom. The first-order valence-electron chi connectivity index (χ1n) is 5.61. The Bertz CT molecular complexity index is 487. The van der Waals surface area contributed by atoms with Crippen LogP contribution in [0, 0.1) is 0 Å². The minimum absolute atomic E-state index is 0.809. The number of para-hydroxylation sites is 1. The third-order valence-electron chi connectivity index (χ3n) is 2.96. The molecule has 3 heteroatoms. The number of rotatable bonds is 1. The number of hydrogen-bond acceptors (Lipinski definition) is 3. The molecule has 0 radical (unpaired) electrons. The van der Waals surface area contributed by atoms with Crippen molar-refractivity contribution in [2.75, 3.05) is 31.2 Å². The molecule has 2 heterocycles. The summed E-state index contributed by atoms with van der Waals surface area (Å²) in [6.45, 7) is 3.53. The van der Waals surface area contributed by atoms with Gasteiger partial charge in [-0.1, -0.05) is 18.2 Å². The van der Waals surface area contributed by atoms with Gasteiger partial charge in [0.05, 0.1) is 24.4 Å². The summed E-state index contributed by atoms with van der Waals surface area (Å²) in [4.78, 5) is 6.82. The topological polar surface area (TPSA) is 25.4 Å². The van der Waals surface area contributed by atoms with Crippen molar-refractivity contribution in [2.24, 2.45) is 0 Å². The van der Waals surface area contributed by atoms with Crippen LogP contribution in [0.15, 0.2) is 36.5 Å². The highest BCUT2D eigenvalue weighted by Gasteiger charge is 2.13. The average molecular weight is 214 g/mol. The van der Waals surface area contributed by atoms with Gasteiger partial charge in [-0.25, -0.2) is 0 Å². The van der Waals surface area contributed by atoms with Gasteiger partial charge in [-0.2, -0.15) is 0 Å². The zero-order chi connectivity index (χ0) is 10.8. The molecule has 1 aliphatic rings. The molecule has 1 fully saturated rings. The first-order valence-corrected chi connectivity index (χ1v) is 5.61. The molecule has 0 N–H and O–H groups in total. The lowest BCUT2D eigenvalue weighted by molar-refractivity contribution is 0.123. The second-order valence-electron chi connectivity index (χ2n) is 3.95. The van der Waals surface area contributed by atoms with Crippen LogP contribution >= 0.6 is 0 Å². The molecule has 82 valence electrons. The van der Waals surface area contributed by atoms with E-state index in [0.29, 0.717) is 0 Å². The number of hydrogen-bond donors (Lipinski definition) is 0. The van der Waals surface area contributed by atoms with E-state index in [9.17, 15) is 0 Å². The van der Waals surface area contributed by atoms with Crippen molar-refractivity contribution < 1.29 is 4.74 Å². The van der Waals surface area contributed by atoms with Crippen LogP contribution in [-0.2, 0) is 4.74 Å². The summed E-state index contributed by atoms with van der Waals surface area (Å²) in [5.74, 6) is 0. The predicted octanol–water partition coefficient (Wildman–Crippen LogP) is 2.07. The zero-order valence-corrected chi connectivity index (χ0v) is 9.10. The van der Waals surface area contributed by atoms with Gasteiger partial charge >= 0.3 is 0 Å². The van der Waals surface area contributed by atoms with Crippen LogP contribution in [0.2, 0.25) is 0 Å². The summed E-state index contributed by atoms with van der Waals surface area (Å²) < 4.78 is 5.37. The van der Waals surface area contributed by atoms with Crippen molar-refractivity contribution >= 4 is 16.6 Å². The quantitative estimate of drug-likeness (QED) is 0.726. The lowest BCUT2D eigenvalue weighted by Crippen LogP contribution is -2.36. The average Bonchev–Trinajstić information content (AvgIpc) is 2.39. The van der Waals surface area contributed by atoms with E-state index in [1.54, 1.807) is 0 Å². The molecule has 3 rings (SSSR count). The van der Waals surface area contributed by atoms with Crippen LogP contribution in [0.25, 0.3) is 10.9 Å². The van der Waals surface area contributed by atoms with Crippen molar-refractivity contribution in [3.05, 3.63) is 36.5 Å². The molecule has 1 aromatic heterocycles. The number of pyridine rings is 1. The second-order valence-corrected chi connectivity index (χ2v) is 3.95. The standard InChI is InChI=1S/C13H14N2O/c1-3-11-4-2-6-14-13(11)12(5-1)15-7-9-16-10-8-15/h1-6H,7-10H2. The van der Waals surface area contributed by atoms with Gasteiger partial charge in [-0.15, -0.1) is 0 Å². The molecule has 0 saturated carbocycles. The highest BCUT2D eigenvalue weighted by atomic mass is 16.5. The predicted molar refractivity (Wildman–Crippen MR) is 64.8 cm³/mol. The fourth-order valence-corrected chi connectivity index (χ4v) is 2.15. The van der Waals surface area contributed by atoms with E-state index in [2.05, 4.69) is 34.1 Å². The molecule has 1 aliphatic heterocycles. The SMILES string of the molecule is c1cnc2c(N3CCOCC3)cccc2c1. The van der Waals surface area contributed by atoms with Gasteiger partial charge in [-0.3, -0.25) is 4.98 Å². The first-order chi connectivity index (χ1) is 7.95. The molecule has 2 aromatic rings. The first kappa shape index (κ1) is 9.60. The molecular weight excluding hydrogens is 200 g/mol. The van der Waals surface area contributed by atoms with Gasteiger partial charge in [0.25, 0.3) is 0 Å². The number of anilines is 1. The number of ether oxygens (including phenoxy) is 1. The van der Waals surface area contributed by atoms with Crippen LogP contribution in [-0.4, -0.2) is 31.3 Å². The van der Waals surface area contributed by atoms with E-state index in [1.807, 2.05) is 12.3 Å². The minimum Gasteiger partial charge on any atom is -0.378 e. The molecule has 0 amide bonds. The van der Waals surface area contributed by atoms with Crippen LogP contribution in [0.4, 0.5) is 5.69 Å². The summed E-state index contributed by atoms with van der Waals surface area (Å²) in [7, 11) is 0. The van der Waals surface area contributed by atoms with Crippen molar-refractivity contribution in [1.29, 1.82) is 0 Å². The van der Waals surface area contributed by atoms with Crippen molar-refractivity contribution in [3.8, 4) is 0 Å². The molecule has 1 aromatic carbocycles. The Labute approximate surface area is 94.7 Å².